The number of halogens is 3. The fourth-order valence-electron chi connectivity index (χ4n) is 3.66. The molecule has 0 bridgehead atoms. The van der Waals surface area contributed by atoms with E-state index in [2.05, 4.69) is 20.2 Å². The summed E-state index contributed by atoms with van der Waals surface area (Å²) in [6, 6.07) is 10.2. The molecular formula is C25H28F3N5O. The quantitative estimate of drug-likeness (QED) is 0.455. The monoisotopic (exact) mass is 471 g/mol. The smallest absolute Gasteiger partial charge is 0.398 e. The minimum absolute atomic E-state index is 0.126. The second-order valence-corrected chi connectivity index (χ2v) is 7.65. The van der Waals surface area contributed by atoms with Crippen molar-refractivity contribution >= 4 is 23.0 Å². The number of hydrogen-bond acceptors (Lipinski definition) is 5. The zero-order chi connectivity index (χ0) is 24.7. The molecule has 0 aliphatic carbocycles. The lowest BCUT2D eigenvalue weighted by atomic mass is 10.1. The molecule has 1 aliphatic heterocycles. The number of carbonyl (C=O) groups is 1. The molecule has 4 rings (SSSR count). The Morgan fingerprint density at radius 1 is 1.00 bits per heavy atom. The van der Waals surface area contributed by atoms with Crippen LogP contribution in [0.5, 0.6) is 0 Å². The number of nitrogens with zero attached hydrogens (tertiary/aromatic N) is 3. The summed E-state index contributed by atoms with van der Waals surface area (Å²) in [5, 5.41) is 2.70. The highest BCUT2D eigenvalue weighted by Gasteiger charge is 2.30. The Labute approximate surface area is 197 Å². The first-order chi connectivity index (χ1) is 16.3. The van der Waals surface area contributed by atoms with Crippen LogP contribution >= 0.6 is 0 Å². The molecular weight excluding hydrogens is 443 g/mol. The van der Waals surface area contributed by atoms with Gasteiger partial charge in [0.05, 0.1) is 29.2 Å². The maximum atomic E-state index is 12.9. The molecule has 3 aromatic rings. The Morgan fingerprint density at radius 3 is 2.32 bits per heavy atom. The second-order valence-electron chi connectivity index (χ2n) is 7.65. The molecule has 3 N–H and O–H groups in total. The summed E-state index contributed by atoms with van der Waals surface area (Å²) in [6.45, 7) is 5.88. The molecule has 1 fully saturated rings. The van der Waals surface area contributed by atoms with Crippen LogP contribution in [0.25, 0.3) is 11.4 Å². The van der Waals surface area contributed by atoms with Gasteiger partial charge in [-0.15, -0.1) is 0 Å². The van der Waals surface area contributed by atoms with E-state index < -0.39 is 17.6 Å². The van der Waals surface area contributed by atoms with Crippen molar-refractivity contribution in [1.29, 1.82) is 0 Å². The normalized spacial score (nSPS) is 13.6. The first-order valence-corrected chi connectivity index (χ1v) is 11.3. The number of anilines is 3. The van der Waals surface area contributed by atoms with E-state index in [1.54, 1.807) is 12.1 Å². The highest BCUT2D eigenvalue weighted by atomic mass is 19.4. The van der Waals surface area contributed by atoms with Crippen molar-refractivity contribution < 1.29 is 18.0 Å². The first kappa shape index (κ1) is 25.0. The van der Waals surface area contributed by atoms with Gasteiger partial charge in [0.25, 0.3) is 5.91 Å². The molecule has 180 valence electrons. The predicted molar refractivity (Wildman–Crippen MR) is 129 cm³/mol. The summed E-state index contributed by atoms with van der Waals surface area (Å²) in [6.07, 6.45) is 1.68. The van der Waals surface area contributed by atoms with Crippen LogP contribution in [0.4, 0.5) is 30.2 Å². The number of piperidine rings is 1. The third kappa shape index (κ3) is 6.03. The van der Waals surface area contributed by atoms with E-state index in [1.807, 2.05) is 19.9 Å². The number of aromatic nitrogens is 2. The van der Waals surface area contributed by atoms with Crippen LogP contribution in [0.2, 0.25) is 0 Å². The van der Waals surface area contributed by atoms with Crippen LogP contribution in [-0.4, -0.2) is 29.0 Å². The molecule has 9 heteroatoms. The van der Waals surface area contributed by atoms with Gasteiger partial charge in [-0.05, 0) is 49.6 Å². The number of benzene rings is 2. The molecule has 0 saturated carbocycles. The fraction of sp³-hybridized carbons (Fsp3) is 0.320. The Morgan fingerprint density at radius 2 is 1.68 bits per heavy atom. The summed E-state index contributed by atoms with van der Waals surface area (Å²) >= 11 is 0. The van der Waals surface area contributed by atoms with Gasteiger partial charge >= 0.3 is 6.18 Å². The van der Waals surface area contributed by atoms with Crippen molar-refractivity contribution in [3.63, 3.8) is 0 Å². The molecule has 2 heterocycles. The second kappa shape index (κ2) is 11.0. The Hall–Kier alpha value is -3.62. The Kier molecular flexibility index (Phi) is 8.09. The van der Waals surface area contributed by atoms with E-state index >= 15 is 0 Å². The Bertz CT molecular complexity index is 1110. The van der Waals surface area contributed by atoms with Crippen LogP contribution in [-0.2, 0) is 6.18 Å². The first-order valence-electron chi connectivity index (χ1n) is 11.3. The maximum Gasteiger partial charge on any atom is 0.416 e. The van der Waals surface area contributed by atoms with E-state index in [4.69, 9.17) is 5.73 Å². The number of carbonyl (C=O) groups excluding carboxylic acids is 1. The van der Waals surface area contributed by atoms with Gasteiger partial charge in [-0.25, -0.2) is 9.97 Å². The van der Waals surface area contributed by atoms with E-state index in [0.29, 0.717) is 16.9 Å². The lowest BCUT2D eigenvalue weighted by molar-refractivity contribution is -0.137. The Balaban J connectivity index is 0.00000158. The van der Waals surface area contributed by atoms with Gasteiger partial charge in [-0.1, -0.05) is 26.0 Å². The average Bonchev–Trinajstić information content (AvgIpc) is 2.86. The van der Waals surface area contributed by atoms with Crippen molar-refractivity contribution in [1.82, 2.24) is 9.97 Å². The van der Waals surface area contributed by atoms with Gasteiger partial charge in [0.1, 0.15) is 0 Å². The summed E-state index contributed by atoms with van der Waals surface area (Å²) in [7, 11) is 0. The van der Waals surface area contributed by atoms with Gasteiger partial charge in [0, 0.05) is 30.0 Å². The standard InChI is InChI=1S/C23H22F3N5O.C2H6/c24-23(25,26)16-6-4-5-15(11-16)21-28-13-17(14-29-21)30-22(32)19-12-18(7-8-20(19)27)31-9-2-1-3-10-31;1-2/h4-8,11-14H,1-3,9-10,27H2,(H,30,32);1-2H3. The molecule has 0 radical (unpaired) electrons. The molecule has 1 saturated heterocycles. The van der Waals surface area contributed by atoms with E-state index in [0.717, 1.165) is 43.8 Å². The lowest BCUT2D eigenvalue weighted by Crippen LogP contribution is -2.29. The van der Waals surface area contributed by atoms with Crippen LogP contribution in [0.1, 0.15) is 49.0 Å². The van der Waals surface area contributed by atoms with E-state index in [9.17, 15) is 18.0 Å². The minimum Gasteiger partial charge on any atom is -0.398 e. The molecule has 1 aromatic heterocycles. The summed E-state index contributed by atoms with van der Waals surface area (Å²) in [5.41, 5.74) is 7.43. The van der Waals surface area contributed by atoms with Gasteiger partial charge in [0.15, 0.2) is 5.82 Å². The number of hydrogen-bond donors (Lipinski definition) is 2. The molecule has 34 heavy (non-hydrogen) atoms. The summed E-state index contributed by atoms with van der Waals surface area (Å²) in [5.74, 6) is -0.280. The van der Waals surface area contributed by atoms with Crippen LogP contribution in [0, 0.1) is 0 Å². The van der Waals surface area contributed by atoms with Crippen LogP contribution in [0.3, 0.4) is 0 Å². The lowest BCUT2D eigenvalue weighted by Gasteiger charge is -2.29. The molecule has 1 amide bonds. The number of rotatable bonds is 4. The highest BCUT2D eigenvalue weighted by molar-refractivity contribution is 6.08. The van der Waals surface area contributed by atoms with Gasteiger partial charge < -0.3 is 16.0 Å². The molecule has 0 unspecified atom stereocenters. The van der Waals surface area contributed by atoms with Crippen molar-refractivity contribution in [2.75, 3.05) is 29.0 Å². The fourth-order valence-corrected chi connectivity index (χ4v) is 3.66. The largest absolute Gasteiger partial charge is 0.416 e. The summed E-state index contributed by atoms with van der Waals surface area (Å²) in [4.78, 5) is 23.2. The number of amides is 1. The van der Waals surface area contributed by atoms with Gasteiger partial charge in [0.2, 0.25) is 0 Å². The third-order valence-corrected chi connectivity index (χ3v) is 5.36. The van der Waals surface area contributed by atoms with Crippen LogP contribution in [0.15, 0.2) is 54.9 Å². The van der Waals surface area contributed by atoms with Crippen molar-refractivity contribution in [2.24, 2.45) is 0 Å². The minimum atomic E-state index is -4.45. The van der Waals surface area contributed by atoms with Crippen molar-refractivity contribution in [3.8, 4) is 11.4 Å². The third-order valence-electron chi connectivity index (χ3n) is 5.36. The number of nitrogens with one attached hydrogen (secondary N) is 1. The van der Waals surface area contributed by atoms with Crippen molar-refractivity contribution in [3.05, 3.63) is 66.0 Å². The van der Waals surface area contributed by atoms with Gasteiger partial charge in [-0.3, -0.25) is 4.79 Å². The molecule has 6 nitrogen and oxygen atoms in total. The summed E-state index contributed by atoms with van der Waals surface area (Å²) < 4.78 is 38.8. The zero-order valence-corrected chi connectivity index (χ0v) is 19.2. The number of alkyl halides is 3. The topological polar surface area (TPSA) is 84.1 Å². The number of nitrogen functional groups attached to an aromatic ring is 1. The average molecular weight is 472 g/mol. The SMILES string of the molecule is CC.Nc1ccc(N2CCCCC2)cc1C(=O)Nc1cnc(-c2cccc(C(F)(F)F)c2)nc1. The van der Waals surface area contributed by atoms with E-state index in [1.165, 1.54) is 30.9 Å². The molecule has 2 aromatic carbocycles. The number of nitrogens with two attached hydrogens (primary N) is 1. The van der Waals surface area contributed by atoms with Crippen LogP contribution < -0.4 is 16.0 Å². The maximum absolute atomic E-state index is 12.9. The van der Waals surface area contributed by atoms with Crippen molar-refractivity contribution in [2.45, 2.75) is 39.3 Å². The predicted octanol–water partition coefficient (Wildman–Crippen LogP) is 6.01. The molecule has 1 aliphatic rings. The highest BCUT2D eigenvalue weighted by Crippen LogP contribution is 2.31. The molecule has 0 spiro atoms. The molecule has 0 atom stereocenters. The van der Waals surface area contributed by atoms with E-state index in [-0.39, 0.29) is 11.4 Å². The zero-order valence-electron chi connectivity index (χ0n) is 19.2. The van der Waals surface area contributed by atoms with Gasteiger partial charge in [-0.2, -0.15) is 13.2 Å².